The molecule has 4 heteroatoms. The van der Waals surface area contributed by atoms with E-state index in [-0.39, 0.29) is 12.8 Å². The topological polar surface area (TPSA) is 29.3 Å². The average Bonchev–Trinajstić information content (AvgIpc) is 2.26. The number of alkyl halides is 2. The molecule has 0 amide bonds. The van der Waals surface area contributed by atoms with Gasteiger partial charge in [-0.05, 0) is 30.2 Å². The maximum atomic E-state index is 13.0. The van der Waals surface area contributed by atoms with E-state index in [0.29, 0.717) is 19.6 Å². The van der Waals surface area contributed by atoms with Crippen molar-refractivity contribution in [3.63, 3.8) is 0 Å². The van der Waals surface area contributed by atoms with Gasteiger partial charge in [0.1, 0.15) is 0 Å². The molecule has 2 rings (SSSR count). The second kappa shape index (κ2) is 4.61. The zero-order valence-electron chi connectivity index (χ0n) is 10.0. The van der Waals surface area contributed by atoms with E-state index in [0.717, 1.165) is 16.8 Å². The number of halogens is 2. The quantitative estimate of drug-likeness (QED) is 0.805. The van der Waals surface area contributed by atoms with Crippen LogP contribution in [0.4, 0.5) is 14.5 Å². The van der Waals surface area contributed by atoms with Gasteiger partial charge in [0.15, 0.2) is 0 Å². The Bertz CT molecular complexity index is 394. The Labute approximate surface area is 100 Å². The average molecular weight is 240 g/mol. The molecule has 94 valence electrons. The monoisotopic (exact) mass is 240 g/mol. The second-order valence-corrected chi connectivity index (χ2v) is 4.82. The number of likely N-dealkylation sites (tertiary alicyclic amines) is 1. The Kier molecular flexibility index (Phi) is 3.33. The van der Waals surface area contributed by atoms with Gasteiger partial charge >= 0.3 is 0 Å². The normalized spacial score (nSPS) is 20.4. The van der Waals surface area contributed by atoms with Gasteiger partial charge in [-0.2, -0.15) is 0 Å². The van der Waals surface area contributed by atoms with Crippen molar-refractivity contribution >= 4 is 5.69 Å². The Balaban J connectivity index is 2.00. The summed E-state index contributed by atoms with van der Waals surface area (Å²) in [6.45, 7) is 3.66. The Morgan fingerprint density at radius 3 is 2.59 bits per heavy atom. The second-order valence-electron chi connectivity index (χ2n) is 4.82. The van der Waals surface area contributed by atoms with Gasteiger partial charge in [0.25, 0.3) is 5.92 Å². The lowest BCUT2D eigenvalue weighted by Gasteiger charge is -2.32. The highest BCUT2D eigenvalue weighted by atomic mass is 19.3. The van der Waals surface area contributed by atoms with Crippen LogP contribution in [-0.4, -0.2) is 23.9 Å². The van der Waals surface area contributed by atoms with Crippen LogP contribution < -0.4 is 5.73 Å². The third-order valence-corrected chi connectivity index (χ3v) is 3.35. The van der Waals surface area contributed by atoms with E-state index in [1.54, 1.807) is 0 Å². The Morgan fingerprint density at radius 1 is 1.29 bits per heavy atom. The van der Waals surface area contributed by atoms with Gasteiger partial charge in [-0.3, -0.25) is 4.90 Å². The van der Waals surface area contributed by atoms with Gasteiger partial charge in [0.2, 0.25) is 0 Å². The molecular formula is C13H18F2N2. The molecular weight excluding hydrogens is 222 g/mol. The lowest BCUT2D eigenvalue weighted by Crippen LogP contribution is -2.38. The lowest BCUT2D eigenvalue weighted by atomic mass is 10.0. The van der Waals surface area contributed by atoms with Crippen molar-refractivity contribution in [3.8, 4) is 0 Å². The summed E-state index contributed by atoms with van der Waals surface area (Å²) in [4.78, 5) is 2.07. The summed E-state index contributed by atoms with van der Waals surface area (Å²) in [7, 11) is 0. The highest BCUT2D eigenvalue weighted by Gasteiger charge is 2.33. The maximum absolute atomic E-state index is 13.0. The molecule has 0 unspecified atom stereocenters. The third kappa shape index (κ3) is 3.16. The summed E-state index contributed by atoms with van der Waals surface area (Å²) in [6.07, 6.45) is -0.0667. The predicted octanol–water partition coefficient (Wildman–Crippen LogP) is 2.81. The number of aryl methyl sites for hydroxylation is 1. The molecule has 0 aromatic heterocycles. The summed E-state index contributed by atoms with van der Waals surface area (Å²) in [5, 5.41) is 0. The van der Waals surface area contributed by atoms with Crippen LogP contribution in [0.1, 0.15) is 24.0 Å². The Hall–Kier alpha value is -1.16. The zero-order chi connectivity index (χ0) is 12.5. The minimum absolute atomic E-state index is 0.0334. The van der Waals surface area contributed by atoms with Gasteiger partial charge in [0, 0.05) is 38.2 Å². The molecule has 1 fully saturated rings. The van der Waals surface area contributed by atoms with Gasteiger partial charge in [-0.1, -0.05) is 6.07 Å². The van der Waals surface area contributed by atoms with Crippen LogP contribution in [0.25, 0.3) is 0 Å². The van der Waals surface area contributed by atoms with E-state index in [2.05, 4.69) is 4.90 Å². The molecule has 1 aromatic rings. The number of piperidine rings is 1. The fourth-order valence-corrected chi connectivity index (χ4v) is 2.14. The van der Waals surface area contributed by atoms with E-state index in [9.17, 15) is 8.78 Å². The molecule has 2 nitrogen and oxygen atoms in total. The van der Waals surface area contributed by atoms with Crippen molar-refractivity contribution in [2.45, 2.75) is 32.2 Å². The molecule has 1 aromatic carbocycles. The highest BCUT2D eigenvalue weighted by molar-refractivity contribution is 5.44. The van der Waals surface area contributed by atoms with Crippen molar-refractivity contribution < 1.29 is 8.78 Å². The van der Waals surface area contributed by atoms with Crippen LogP contribution in [0.2, 0.25) is 0 Å². The molecule has 1 saturated heterocycles. The number of rotatable bonds is 2. The first-order chi connectivity index (χ1) is 7.96. The molecule has 0 saturated carbocycles. The molecule has 0 atom stereocenters. The number of hydrogen-bond acceptors (Lipinski definition) is 2. The van der Waals surface area contributed by atoms with Crippen LogP contribution in [0, 0.1) is 6.92 Å². The molecule has 0 spiro atoms. The fraction of sp³-hybridized carbons (Fsp3) is 0.538. The number of benzene rings is 1. The van der Waals surface area contributed by atoms with Crippen LogP contribution in [0.5, 0.6) is 0 Å². The molecule has 17 heavy (non-hydrogen) atoms. The Morgan fingerprint density at radius 2 is 1.94 bits per heavy atom. The van der Waals surface area contributed by atoms with Crippen molar-refractivity contribution in [1.82, 2.24) is 4.90 Å². The molecule has 0 aliphatic carbocycles. The summed E-state index contributed by atoms with van der Waals surface area (Å²) in [6, 6.07) is 5.77. The number of hydrogen-bond donors (Lipinski definition) is 1. The largest absolute Gasteiger partial charge is 0.399 e. The first-order valence-corrected chi connectivity index (χ1v) is 5.91. The smallest absolute Gasteiger partial charge is 0.250 e. The number of nitrogens with zero attached hydrogens (tertiary/aromatic N) is 1. The lowest BCUT2D eigenvalue weighted by molar-refractivity contribution is -0.0566. The van der Waals surface area contributed by atoms with Crippen LogP contribution >= 0.6 is 0 Å². The van der Waals surface area contributed by atoms with Crippen molar-refractivity contribution in [3.05, 3.63) is 29.3 Å². The summed E-state index contributed by atoms with van der Waals surface area (Å²) < 4.78 is 26.0. The standard InChI is InChI=1S/C13H18F2N2/c1-10-2-3-12(16)8-11(10)9-17-6-4-13(14,15)5-7-17/h2-3,8H,4-7,9,16H2,1H3. The van der Waals surface area contributed by atoms with E-state index in [1.165, 1.54) is 0 Å². The van der Waals surface area contributed by atoms with E-state index < -0.39 is 5.92 Å². The molecule has 1 aliphatic heterocycles. The summed E-state index contributed by atoms with van der Waals surface area (Å²) in [5.74, 6) is -2.47. The van der Waals surface area contributed by atoms with Crippen LogP contribution in [-0.2, 0) is 6.54 Å². The fourth-order valence-electron chi connectivity index (χ4n) is 2.14. The van der Waals surface area contributed by atoms with Crippen molar-refractivity contribution in [2.75, 3.05) is 18.8 Å². The van der Waals surface area contributed by atoms with Crippen molar-refractivity contribution in [2.24, 2.45) is 0 Å². The van der Waals surface area contributed by atoms with Gasteiger partial charge in [0.05, 0.1) is 0 Å². The van der Waals surface area contributed by atoms with Gasteiger partial charge in [-0.15, -0.1) is 0 Å². The van der Waals surface area contributed by atoms with Crippen LogP contribution in [0.15, 0.2) is 18.2 Å². The first-order valence-electron chi connectivity index (χ1n) is 5.91. The predicted molar refractivity (Wildman–Crippen MR) is 65.0 cm³/mol. The third-order valence-electron chi connectivity index (χ3n) is 3.35. The minimum Gasteiger partial charge on any atom is -0.399 e. The minimum atomic E-state index is -2.47. The van der Waals surface area contributed by atoms with Crippen molar-refractivity contribution in [1.29, 1.82) is 0 Å². The number of nitrogen functional groups attached to an aromatic ring is 1. The maximum Gasteiger partial charge on any atom is 0.250 e. The number of nitrogens with two attached hydrogens (primary N) is 1. The summed E-state index contributed by atoms with van der Waals surface area (Å²) in [5.41, 5.74) is 8.76. The first kappa shape index (κ1) is 12.3. The molecule has 0 radical (unpaired) electrons. The van der Waals surface area contributed by atoms with E-state index in [4.69, 9.17) is 5.73 Å². The molecule has 2 N–H and O–H groups in total. The highest BCUT2D eigenvalue weighted by Crippen LogP contribution is 2.28. The van der Waals surface area contributed by atoms with E-state index in [1.807, 2.05) is 25.1 Å². The van der Waals surface area contributed by atoms with Gasteiger partial charge < -0.3 is 5.73 Å². The zero-order valence-corrected chi connectivity index (χ0v) is 10.0. The van der Waals surface area contributed by atoms with Crippen LogP contribution in [0.3, 0.4) is 0 Å². The van der Waals surface area contributed by atoms with E-state index >= 15 is 0 Å². The molecule has 1 aliphatic rings. The molecule has 1 heterocycles. The number of anilines is 1. The SMILES string of the molecule is Cc1ccc(N)cc1CN1CCC(F)(F)CC1. The van der Waals surface area contributed by atoms with Gasteiger partial charge in [-0.25, -0.2) is 8.78 Å². The summed E-state index contributed by atoms with van der Waals surface area (Å²) >= 11 is 0. The molecule has 0 bridgehead atoms.